The Labute approximate surface area is 145 Å². The first-order valence-electron chi connectivity index (χ1n) is 9.21. The Morgan fingerprint density at radius 3 is 2.24 bits per heavy atom. The molecule has 2 aliphatic heterocycles. The maximum atomic E-state index is 12.3. The van der Waals surface area contributed by atoms with Crippen molar-refractivity contribution in [1.29, 1.82) is 0 Å². The molecule has 1 unspecified atom stereocenters. The summed E-state index contributed by atoms with van der Waals surface area (Å²) in [5.41, 5.74) is 0. The number of hydrogen-bond donors (Lipinski definition) is 1. The molecule has 0 radical (unpaired) electrons. The smallest absolute Gasteiger partial charge is 0.347 e. The molecule has 2 heterocycles. The van der Waals surface area contributed by atoms with E-state index >= 15 is 0 Å². The molecule has 3 fully saturated rings. The van der Waals surface area contributed by atoms with Crippen LogP contribution in [0.4, 0.5) is 13.2 Å². The number of hydrogen-bond acceptors (Lipinski definition) is 3. The SMILES string of the molecule is O=C(NCC(F)(F)F)C1CCCN(C2CCN(C(=O)C3CC3)CC2)C1. The highest BCUT2D eigenvalue weighted by Gasteiger charge is 2.37. The second kappa shape index (κ2) is 7.51. The fourth-order valence-corrected chi connectivity index (χ4v) is 3.92. The van der Waals surface area contributed by atoms with Gasteiger partial charge in [-0.1, -0.05) is 0 Å². The van der Waals surface area contributed by atoms with Crippen LogP contribution in [0.2, 0.25) is 0 Å². The van der Waals surface area contributed by atoms with Crippen LogP contribution >= 0.6 is 0 Å². The van der Waals surface area contributed by atoms with E-state index in [9.17, 15) is 22.8 Å². The fourth-order valence-electron chi connectivity index (χ4n) is 3.92. The maximum Gasteiger partial charge on any atom is 0.405 e. The van der Waals surface area contributed by atoms with Crippen LogP contribution in [0, 0.1) is 11.8 Å². The molecule has 3 aliphatic rings. The number of nitrogens with zero attached hydrogens (tertiary/aromatic N) is 2. The highest BCUT2D eigenvalue weighted by atomic mass is 19.4. The molecule has 1 aliphatic carbocycles. The molecule has 1 saturated carbocycles. The van der Waals surface area contributed by atoms with Gasteiger partial charge in [0.15, 0.2) is 0 Å². The van der Waals surface area contributed by atoms with Crippen LogP contribution in [0.5, 0.6) is 0 Å². The molecule has 0 aromatic rings. The lowest BCUT2D eigenvalue weighted by atomic mass is 9.93. The minimum absolute atomic E-state index is 0.244. The summed E-state index contributed by atoms with van der Waals surface area (Å²) in [6, 6.07) is 0.321. The first-order chi connectivity index (χ1) is 11.8. The first-order valence-corrected chi connectivity index (χ1v) is 9.21. The topological polar surface area (TPSA) is 52.7 Å². The summed E-state index contributed by atoms with van der Waals surface area (Å²) in [5, 5.41) is 2.01. The lowest BCUT2D eigenvalue weighted by Crippen LogP contribution is -2.52. The molecule has 2 saturated heterocycles. The van der Waals surface area contributed by atoms with Gasteiger partial charge in [-0.2, -0.15) is 13.2 Å². The summed E-state index contributed by atoms with van der Waals surface area (Å²) in [5.74, 6) is -0.347. The Kier molecular flexibility index (Phi) is 5.55. The summed E-state index contributed by atoms with van der Waals surface area (Å²) in [4.78, 5) is 28.3. The van der Waals surface area contributed by atoms with Crippen LogP contribution in [0.25, 0.3) is 0 Å². The van der Waals surface area contributed by atoms with E-state index in [0.29, 0.717) is 19.0 Å². The van der Waals surface area contributed by atoms with Gasteiger partial charge in [0, 0.05) is 31.6 Å². The Bertz CT molecular complexity index is 500. The number of nitrogens with one attached hydrogen (secondary N) is 1. The Morgan fingerprint density at radius 2 is 1.64 bits per heavy atom. The van der Waals surface area contributed by atoms with E-state index < -0.39 is 18.6 Å². The van der Waals surface area contributed by atoms with E-state index in [4.69, 9.17) is 0 Å². The zero-order chi connectivity index (χ0) is 18.0. The summed E-state index contributed by atoms with van der Waals surface area (Å²) < 4.78 is 36.8. The minimum atomic E-state index is -4.37. The summed E-state index contributed by atoms with van der Waals surface area (Å²) in [7, 11) is 0. The van der Waals surface area contributed by atoms with Gasteiger partial charge in [-0.25, -0.2) is 0 Å². The molecule has 2 amide bonds. The molecule has 3 rings (SSSR count). The summed E-state index contributed by atoms with van der Waals surface area (Å²) in [6.07, 6.45) is 0.888. The number of piperidine rings is 2. The third kappa shape index (κ3) is 5.09. The van der Waals surface area contributed by atoms with Crippen LogP contribution < -0.4 is 5.32 Å². The van der Waals surface area contributed by atoms with E-state index in [1.807, 2.05) is 10.2 Å². The van der Waals surface area contributed by atoms with Crippen molar-refractivity contribution in [2.75, 3.05) is 32.7 Å². The minimum Gasteiger partial charge on any atom is -0.347 e. The lowest BCUT2D eigenvalue weighted by molar-refractivity contribution is -0.142. The number of halogens is 3. The predicted molar refractivity (Wildman–Crippen MR) is 85.7 cm³/mol. The summed E-state index contributed by atoms with van der Waals surface area (Å²) >= 11 is 0. The molecule has 25 heavy (non-hydrogen) atoms. The molecule has 1 atom stereocenters. The van der Waals surface area contributed by atoms with Crippen LogP contribution in [0.15, 0.2) is 0 Å². The third-order valence-electron chi connectivity index (χ3n) is 5.51. The van der Waals surface area contributed by atoms with Gasteiger partial charge in [-0.15, -0.1) is 0 Å². The van der Waals surface area contributed by atoms with Gasteiger partial charge in [0.05, 0.1) is 5.92 Å². The first kappa shape index (κ1) is 18.5. The average Bonchev–Trinajstić information content (AvgIpc) is 3.44. The van der Waals surface area contributed by atoms with Crippen molar-refractivity contribution in [2.45, 2.75) is 50.7 Å². The molecular formula is C17H26F3N3O2. The molecule has 5 nitrogen and oxygen atoms in total. The quantitative estimate of drug-likeness (QED) is 0.831. The van der Waals surface area contributed by atoms with Crippen LogP contribution in [-0.4, -0.2) is 66.6 Å². The second-order valence-corrected chi connectivity index (χ2v) is 7.50. The highest BCUT2D eigenvalue weighted by molar-refractivity contribution is 5.81. The van der Waals surface area contributed by atoms with Crippen LogP contribution in [0.1, 0.15) is 38.5 Å². The highest BCUT2D eigenvalue weighted by Crippen LogP contribution is 2.32. The van der Waals surface area contributed by atoms with Crippen molar-refractivity contribution in [1.82, 2.24) is 15.1 Å². The summed E-state index contributed by atoms with van der Waals surface area (Å²) in [6.45, 7) is 1.64. The molecule has 8 heteroatoms. The van der Waals surface area contributed by atoms with Gasteiger partial charge < -0.3 is 10.2 Å². The predicted octanol–water partition coefficient (Wildman–Crippen LogP) is 1.78. The van der Waals surface area contributed by atoms with Crippen molar-refractivity contribution >= 4 is 11.8 Å². The van der Waals surface area contributed by atoms with Crippen molar-refractivity contribution in [3.8, 4) is 0 Å². The van der Waals surface area contributed by atoms with Gasteiger partial charge in [-0.05, 0) is 45.1 Å². The number of rotatable bonds is 4. The monoisotopic (exact) mass is 361 g/mol. The Hall–Kier alpha value is -1.31. The standard InChI is InChI=1S/C17H26F3N3O2/c18-17(19,20)11-21-15(24)13-2-1-7-23(10-13)14-5-8-22(9-6-14)16(25)12-3-4-12/h12-14H,1-11H2,(H,21,24). The van der Waals surface area contributed by atoms with Crippen molar-refractivity contribution in [3.05, 3.63) is 0 Å². The molecule has 1 N–H and O–H groups in total. The van der Waals surface area contributed by atoms with Crippen molar-refractivity contribution in [3.63, 3.8) is 0 Å². The molecule has 142 valence electrons. The Balaban J connectivity index is 1.45. The van der Waals surface area contributed by atoms with Gasteiger partial charge in [-0.3, -0.25) is 14.5 Å². The van der Waals surface area contributed by atoms with E-state index in [-0.39, 0.29) is 17.7 Å². The fraction of sp³-hybridized carbons (Fsp3) is 0.882. The molecular weight excluding hydrogens is 335 g/mol. The largest absolute Gasteiger partial charge is 0.405 e. The maximum absolute atomic E-state index is 12.3. The van der Waals surface area contributed by atoms with Gasteiger partial charge in [0.25, 0.3) is 0 Å². The molecule has 0 aromatic heterocycles. The molecule has 0 bridgehead atoms. The van der Waals surface area contributed by atoms with Gasteiger partial charge in [0.1, 0.15) is 6.54 Å². The van der Waals surface area contributed by atoms with E-state index in [1.165, 1.54) is 0 Å². The van der Waals surface area contributed by atoms with E-state index in [0.717, 1.165) is 51.7 Å². The molecule has 0 spiro atoms. The van der Waals surface area contributed by atoms with E-state index in [2.05, 4.69) is 4.90 Å². The lowest BCUT2D eigenvalue weighted by Gasteiger charge is -2.42. The normalized spacial score (nSPS) is 26.5. The average molecular weight is 361 g/mol. The third-order valence-corrected chi connectivity index (χ3v) is 5.51. The van der Waals surface area contributed by atoms with Crippen LogP contribution in [-0.2, 0) is 9.59 Å². The second-order valence-electron chi connectivity index (χ2n) is 7.50. The number of carbonyl (C=O) groups excluding carboxylic acids is 2. The number of alkyl halides is 3. The number of carbonyl (C=O) groups is 2. The zero-order valence-corrected chi connectivity index (χ0v) is 14.4. The van der Waals surface area contributed by atoms with Crippen molar-refractivity contribution in [2.24, 2.45) is 11.8 Å². The Morgan fingerprint density at radius 1 is 0.960 bits per heavy atom. The van der Waals surface area contributed by atoms with Crippen molar-refractivity contribution < 1.29 is 22.8 Å². The number of likely N-dealkylation sites (tertiary alicyclic amines) is 2. The zero-order valence-electron chi connectivity index (χ0n) is 14.4. The van der Waals surface area contributed by atoms with Gasteiger partial charge in [0.2, 0.25) is 11.8 Å². The molecule has 0 aromatic carbocycles. The number of amides is 2. The van der Waals surface area contributed by atoms with E-state index in [1.54, 1.807) is 0 Å². The van der Waals surface area contributed by atoms with Crippen LogP contribution in [0.3, 0.4) is 0 Å². The van der Waals surface area contributed by atoms with Gasteiger partial charge >= 0.3 is 6.18 Å².